The third kappa shape index (κ3) is 3.14. The molecule has 0 aliphatic rings. The Hall–Kier alpha value is -0.135. The SMILES string of the molecule is CC(O)N(OBO)C(C)O. The Morgan fingerprint density at radius 3 is 1.80 bits per heavy atom. The van der Waals surface area contributed by atoms with Gasteiger partial charge in [0, 0.05) is 0 Å². The topological polar surface area (TPSA) is 73.2 Å². The number of nitrogens with zero attached hydrogens (tertiary/aromatic N) is 1. The van der Waals surface area contributed by atoms with E-state index in [1.165, 1.54) is 13.8 Å². The highest BCUT2D eigenvalue weighted by atomic mass is 16.7. The minimum absolute atomic E-state index is 0.560. The summed E-state index contributed by atoms with van der Waals surface area (Å²) in [5.41, 5.74) is 0. The molecular weight excluding hydrogens is 137 g/mol. The van der Waals surface area contributed by atoms with Gasteiger partial charge in [-0.25, -0.2) is 0 Å². The second kappa shape index (κ2) is 4.65. The Balaban J connectivity index is 3.73. The molecule has 0 aromatic carbocycles. The molecule has 0 aromatic rings. The standard InChI is InChI=1S/C4H12BNO4/c1-3(7)6(4(2)8)10-5-9/h3-5,7-9H,1-2H3. The van der Waals surface area contributed by atoms with Crippen LogP contribution in [0.3, 0.4) is 0 Å². The normalized spacial score (nSPS) is 17.0. The number of hydrogen-bond acceptors (Lipinski definition) is 5. The molecule has 0 rings (SSSR count). The van der Waals surface area contributed by atoms with E-state index in [1.54, 1.807) is 0 Å². The summed E-state index contributed by atoms with van der Waals surface area (Å²) in [5.74, 6) is 0. The van der Waals surface area contributed by atoms with Crippen LogP contribution >= 0.6 is 0 Å². The summed E-state index contributed by atoms with van der Waals surface area (Å²) >= 11 is 0. The lowest BCUT2D eigenvalue weighted by Gasteiger charge is -2.25. The van der Waals surface area contributed by atoms with Crippen LogP contribution in [-0.2, 0) is 4.76 Å². The van der Waals surface area contributed by atoms with Crippen molar-refractivity contribution in [3.05, 3.63) is 0 Å². The summed E-state index contributed by atoms with van der Waals surface area (Å²) in [5, 5.41) is 26.8. The summed E-state index contributed by atoms with van der Waals surface area (Å²) in [6.45, 7) is 2.84. The second-order valence-electron chi connectivity index (χ2n) is 1.88. The van der Waals surface area contributed by atoms with Gasteiger partial charge in [0.15, 0.2) is 0 Å². The second-order valence-corrected chi connectivity index (χ2v) is 1.88. The van der Waals surface area contributed by atoms with Crippen molar-refractivity contribution in [2.24, 2.45) is 0 Å². The van der Waals surface area contributed by atoms with E-state index in [0.717, 1.165) is 5.06 Å². The van der Waals surface area contributed by atoms with Gasteiger partial charge in [0.25, 0.3) is 0 Å². The summed E-state index contributed by atoms with van der Waals surface area (Å²) < 4.78 is 4.45. The Kier molecular flexibility index (Phi) is 4.58. The predicted molar refractivity (Wildman–Crippen MR) is 35.7 cm³/mol. The highest BCUT2D eigenvalue weighted by molar-refractivity contribution is 6.15. The molecule has 0 fully saturated rings. The third-order valence-electron chi connectivity index (χ3n) is 0.943. The number of hydroxylamine groups is 2. The maximum atomic E-state index is 8.84. The van der Waals surface area contributed by atoms with Crippen LogP contribution in [0.15, 0.2) is 0 Å². The number of hydrogen-bond donors (Lipinski definition) is 3. The van der Waals surface area contributed by atoms with E-state index in [-0.39, 0.29) is 0 Å². The van der Waals surface area contributed by atoms with Gasteiger partial charge < -0.3 is 20.0 Å². The highest BCUT2D eigenvalue weighted by Crippen LogP contribution is 1.99. The van der Waals surface area contributed by atoms with Crippen LogP contribution < -0.4 is 0 Å². The Morgan fingerprint density at radius 1 is 1.30 bits per heavy atom. The van der Waals surface area contributed by atoms with Crippen molar-refractivity contribution in [3.8, 4) is 0 Å². The largest absolute Gasteiger partial charge is 0.454 e. The van der Waals surface area contributed by atoms with Crippen molar-refractivity contribution in [2.45, 2.75) is 26.3 Å². The zero-order chi connectivity index (χ0) is 8.15. The first-order chi connectivity index (χ1) is 4.59. The van der Waals surface area contributed by atoms with Gasteiger partial charge >= 0.3 is 7.69 Å². The van der Waals surface area contributed by atoms with E-state index in [1.807, 2.05) is 0 Å². The molecule has 10 heavy (non-hydrogen) atoms. The number of aliphatic hydroxyl groups is 2. The van der Waals surface area contributed by atoms with Gasteiger partial charge in [0.05, 0.1) is 0 Å². The monoisotopic (exact) mass is 149 g/mol. The maximum absolute atomic E-state index is 8.84. The molecule has 0 amide bonds. The molecule has 0 saturated carbocycles. The molecule has 0 radical (unpaired) electrons. The van der Waals surface area contributed by atoms with E-state index in [4.69, 9.17) is 15.2 Å². The van der Waals surface area contributed by atoms with E-state index in [0.29, 0.717) is 0 Å². The zero-order valence-electron chi connectivity index (χ0n) is 6.06. The lowest BCUT2D eigenvalue weighted by atomic mass is 10.4. The van der Waals surface area contributed by atoms with Crippen LogP contribution in [0.2, 0.25) is 0 Å². The van der Waals surface area contributed by atoms with Crippen LogP contribution in [-0.4, -0.2) is 40.4 Å². The molecule has 0 saturated heterocycles. The fourth-order valence-electron chi connectivity index (χ4n) is 0.595. The fraction of sp³-hybridized carbons (Fsp3) is 1.00. The van der Waals surface area contributed by atoms with Gasteiger partial charge in [-0.2, -0.15) is 0 Å². The summed E-state index contributed by atoms with van der Waals surface area (Å²) in [6, 6.07) is 0. The Labute approximate surface area is 60.1 Å². The molecule has 0 bridgehead atoms. The molecule has 0 spiro atoms. The van der Waals surface area contributed by atoms with Crippen molar-refractivity contribution >= 4 is 7.69 Å². The van der Waals surface area contributed by atoms with Crippen molar-refractivity contribution in [2.75, 3.05) is 0 Å². The molecule has 2 atom stereocenters. The zero-order valence-corrected chi connectivity index (χ0v) is 6.06. The van der Waals surface area contributed by atoms with Crippen molar-refractivity contribution in [1.29, 1.82) is 0 Å². The van der Waals surface area contributed by atoms with Gasteiger partial charge in [-0.1, -0.05) is 0 Å². The van der Waals surface area contributed by atoms with Gasteiger partial charge in [-0.3, -0.25) is 0 Å². The minimum Gasteiger partial charge on any atom is -0.429 e. The summed E-state index contributed by atoms with van der Waals surface area (Å²) in [6.07, 6.45) is -1.88. The molecule has 5 nitrogen and oxygen atoms in total. The fourth-order valence-corrected chi connectivity index (χ4v) is 0.595. The number of rotatable bonds is 4. The quantitative estimate of drug-likeness (QED) is 0.248. The van der Waals surface area contributed by atoms with Gasteiger partial charge in [-0.05, 0) is 13.8 Å². The van der Waals surface area contributed by atoms with Crippen molar-refractivity contribution in [3.63, 3.8) is 0 Å². The van der Waals surface area contributed by atoms with Crippen molar-refractivity contribution < 1.29 is 20.0 Å². The predicted octanol–water partition coefficient (Wildman–Crippen LogP) is -1.84. The van der Waals surface area contributed by atoms with Crippen LogP contribution in [0.25, 0.3) is 0 Å². The minimum atomic E-state index is -0.938. The molecule has 3 N–H and O–H groups in total. The van der Waals surface area contributed by atoms with Gasteiger partial charge in [-0.15, -0.1) is 5.06 Å². The first-order valence-corrected chi connectivity index (χ1v) is 2.97. The maximum Gasteiger partial charge on any atom is 0.454 e. The first-order valence-electron chi connectivity index (χ1n) is 2.97. The van der Waals surface area contributed by atoms with Crippen LogP contribution in [0.5, 0.6) is 0 Å². The van der Waals surface area contributed by atoms with Crippen LogP contribution in [0.1, 0.15) is 13.8 Å². The molecule has 0 aliphatic heterocycles. The van der Waals surface area contributed by atoms with E-state index in [2.05, 4.69) is 4.76 Å². The Morgan fingerprint density at radius 2 is 1.70 bits per heavy atom. The molecule has 0 aromatic heterocycles. The molecule has 60 valence electrons. The van der Waals surface area contributed by atoms with Crippen LogP contribution in [0.4, 0.5) is 0 Å². The van der Waals surface area contributed by atoms with E-state index >= 15 is 0 Å². The van der Waals surface area contributed by atoms with E-state index < -0.39 is 20.1 Å². The first kappa shape index (κ1) is 9.86. The lowest BCUT2D eigenvalue weighted by Crippen LogP contribution is -2.40. The van der Waals surface area contributed by atoms with Crippen LogP contribution in [0, 0.1) is 0 Å². The lowest BCUT2D eigenvalue weighted by molar-refractivity contribution is -0.242. The summed E-state index contributed by atoms with van der Waals surface area (Å²) in [4.78, 5) is 0. The number of aliphatic hydroxyl groups excluding tert-OH is 2. The average Bonchev–Trinajstić information content (AvgIpc) is 1.81. The third-order valence-corrected chi connectivity index (χ3v) is 0.943. The molecular formula is C4H12BNO4. The van der Waals surface area contributed by atoms with Gasteiger partial charge in [0.2, 0.25) is 0 Å². The average molecular weight is 149 g/mol. The molecule has 0 heterocycles. The summed E-state index contributed by atoms with van der Waals surface area (Å²) in [7, 11) is -0.560. The molecule has 0 aliphatic carbocycles. The smallest absolute Gasteiger partial charge is 0.429 e. The highest BCUT2D eigenvalue weighted by Gasteiger charge is 2.16. The van der Waals surface area contributed by atoms with E-state index in [9.17, 15) is 0 Å². The molecule has 6 heteroatoms. The Bertz CT molecular complexity index is 81.3. The van der Waals surface area contributed by atoms with Crippen molar-refractivity contribution in [1.82, 2.24) is 5.06 Å². The molecule has 2 unspecified atom stereocenters. The van der Waals surface area contributed by atoms with Gasteiger partial charge in [0.1, 0.15) is 12.5 Å².